The number of aliphatic imine (C=N–C) groups is 1. The SMILES string of the molecule is C=C(C)C(=Nc1ccc(C)cc1)Oc1ccc(C)cc1.Cc1ccc(O)cc1. The molecule has 3 heteroatoms. The molecule has 0 saturated carbocycles. The number of benzene rings is 3. The van der Waals surface area contributed by atoms with E-state index >= 15 is 0 Å². The number of nitrogens with zero attached hydrogens (tertiary/aromatic N) is 1. The average molecular weight is 373 g/mol. The van der Waals surface area contributed by atoms with Gasteiger partial charge in [-0.3, -0.25) is 0 Å². The minimum absolute atomic E-state index is 0.329. The molecule has 0 spiro atoms. The van der Waals surface area contributed by atoms with Gasteiger partial charge in [-0.05, 0) is 64.1 Å². The fraction of sp³-hybridized carbons (Fsp3) is 0.160. The molecule has 3 rings (SSSR count). The van der Waals surface area contributed by atoms with Crippen LogP contribution >= 0.6 is 0 Å². The number of hydrogen-bond donors (Lipinski definition) is 1. The minimum Gasteiger partial charge on any atom is -0.508 e. The third-order valence-corrected chi connectivity index (χ3v) is 3.90. The number of rotatable bonds is 3. The number of hydrogen-bond acceptors (Lipinski definition) is 3. The highest BCUT2D eigenvalue weighted by Crippen LogP contribution is 2.18. The van der Waals surface area contributed by atoms with E-state index in [9.17, 15) is 0 Å². The topological polar surface area (TPSA) is 41.8 Å². The molecule has 0 aliphatic carbocycles. The maximum absolute atomic E-state index is 8.76. The molecule has 28 heavy (non-hydrogen) atoms. The molecule has 0 saturated heterocycles. The molecule has 0 fully saturated rings. The van der Waals surface area contributed by atoms with E-state index < -0.39 is 0 Å². The van der Waals surface area contributed by atoms with Crippen LogP contribution in [0.1, 0.15) is 23.6 Å². The van der Waals surface area contributed by atoms with Crippen LogP contribution in [0.3, 0.4) is 0 Å². The predicted molar refractivity (Wildman–Crippen MR) is 118 cm³/mol. The molecule has 0 aliphatic rings. The van der Waals surface area contributed by atoms with Crippen molar-refractivity contribution in [2.45, 2.75) is 27.7 Å². The molecule has 0 radical (unpaired) electrons. The first-order valence-electron chi connectivity index (χ1n) is 9.15. The van der Waals surface area contributed by atoms with Crippen molar-refractivity contribution < 1.29 is 9.84 Å². The van der Waals surface area contributed by atoms with Gasteiger partial charge in [-0.1, -0.05) is 59.7 Å². The van der Waals surface area contributed by atoms with Crippen LogP contribution in [0.15, 0.2) is 89.9 Å². The zero-order chi connectivity index (χ0) is 20.5. The lowest BCUT2D eigenvalue weighted by molar-refractivity contribution is 0.475. The number of phenolic OH excluding ortho intramolecular Hbond substituents is 1. The maximum Gasteiger partial charge on any atom is 0.222 e. The summed E-state index contributed by atoms with van der Waals surface area (Å²) in [6.07, 6.45) is 0. The van der Waals surface area contributed by atoms with Crippen LogP contribution in [-0.2, 0) is 0 Å². The quantitative estimate of drug-likeness (QED) is 0.410. The summed E-state index contributed by atoms with van der Waals surface area (Å²) < 4.78 is 5.82. The fourth-order valence-corrected chi connectivity index (χ4v) is 2.20. The standard InChI is InChI=1S/C18H19NO.C7H8O/c1-13(2)18(19-16-9-5-14(3)6-10-16)20-17-11-7-15(4)8-12-17;1-6-2-4-7(8)5-3-6/h5-12H,1H2,2-4H3;2-5,8H,1H3. The van der Waals surface area contributed by atoms with Gasteiger partial charge in [0.05, 0.1) is 5.69 Å². The highest BCUT2D eigenvalue weighted by molar-refractivity contribution is 5.95. The first-order valence-corrected chi connectivity index (χ1v) is 9.15. The summed E-state index contributed by atoms with van der Waals surface area (Å²) in [7, 11) is 0. The highest BCUT2D eigenvalue weighted by atomic mass is 16.5. The minimum atomic E-state index is 0.329. The summed E-state index contributed by atoms with van der Waals surface area (Å²) >= 11 is 0. The number of ether oxygens (including phenoxy) is 1. The Labute approximate surface area is 167 Å². The Kier molecular flexibility index (Phi) is 7.58. The Morgan fingerprint density at radius 2 is 1.18 bits per heavy atom. The number of phenols is 1. The predicted octanol–water partition coefficient (Wildman–Crippen LogP) is 6.69. The van der Waals surface area contributed by atoms with Crippen LogP contribution in [0.25, 0.3) is 0 Å². The molecular formula is C25H27NO2. The summed E-state index contributed by atoms with van der Waals surface area (Å²) in [4.78, 5) is 4.51. The van der Waals surface area contributed by atoms with Gasteiger partial charge in [0.25, 0.3) is 0 Å². The summed E-state index contributed by atoms with van der Waals surface area (Å²) in [5.74, 6) is 1.64. The Morgan fingerprint density at radius 1 is 0.750 bits per heavy atom. The third kappa shape index (κ3) is 7.12. The van der Waals surface area contributed by atoms with E-state index in [4.69, 9.17) is 9.84 Å². The molecule has 1 N–H and O–H groups in total. The third-order valence-electron chi connectivity index (χ3n) is 3.90. The van der Waals surface area contributed by atoms with Gasteiger partial charge < -0.3 is 9.84 Å². The van der Waals surface area contributed by atoms with E-state index in [1.165, 1.54) is 16.7 Å². The van der Waals surface area contributed by atoms with E-state index in [0.29, 0.717) is 11.6 Å². The van der Waals surface area contributed by atoms with Crippen molar-refractivity contribution in [3.63, 3.8) is 0 Å². The van der Waals surface area contributed by atoms with Gasteiger partial charge in [-0.25, -0.2) is 4.99 Å². The second-order valence-electron chi connectivity index (χ2n) is 6.78. The van der Waals surface area contributed by atoms with Crippen LogP contribution < -0.4 is 4.74 Å². The van der Waals surface area contributed by atoms with Gasteiger partial charge in [-0.15, -0.1) is 0 Å². The molecular weight excluding hydrogens is 346 g/mol. The first-order chi connectivity index (χ1) is 13.3. The fourth-order valence-electron chi connectivity index (χ4n) is 2.20. The molecule has 3 aromatic carbocycles. The van der Waals surface area contributed by atoms with Crippen LogP contribution in [0.2, 0.25) is 0 Å². The summed E-state index contributed by atoms with van der Waals surface area (Å²) in [5.41, 5.74) is 5.24. The van der Waals surface area contributed by atoms with E-state index in [0.717, 1.165) is 17.0 Å². The Bertz CT molecular complexity index is 901. The van der Waals surface area contributed by atoms with E-state index in [-0.39, 0.29) is 0 Å². The summed E-state index contributed by atoms with van der Waals surface area (Å²) in [6, 6.07) is 23.0. The molecule has 0 amide bonds. The van der Waals surface area contributed by atoms with Crippen molar-refractivity contribution in [3.8, 4) is 11.5 Å². The Hall–Kier alpha value is -3.33. The lowest BCUT2D eigenvalue weighted by Crippen LogP contribution is -2.09. The highest BCUT2D eigenvalue weighted by Gasteiger charge is 2.04. The molecule has 3 nitrogen and oxygen atoms in total. The van der Waals surface area contributed by atoms with Gasteiger partial charge >= 0.3 is 0 Å². The van der Waals surface area contributed by atoms with Gasteiger partial charge in [0.2, 0.25) is 5.90 Å². The number of aromatic hydroxyl groups is 1. The summed E-state index contributed by atoms with van der Waals surface area (Å²) in [6.45, 7) is 11.9. The van der Waals surface area contributed by atoms with Gasteiger partial charge in [0.1, 0.15) is 11.5 Å². The van der Waals surface area contributed by atoms with Crippen LogP contribution in [0.5, 0.6) is 11.5 Å². The zero-order valence-corrected chi connectivity index (χ0v) is 16.9. The molecule has 0 aromatic heterocycles. The lowest BCUT2D eigenvalue weighted by atomic mass is 10.2. The van der Waals surface area contributed by atoms with Gasteiger partial charge in [0, 0.05) is 5.57 Å². The maximum atomic E-state index is 8.76. The van der Waals surface area contributed by atoms with E-state index in [1.807, 2.05) is 81.4 Å². The molecule has 0 atom stereocenters. The second-order valence-corrected chi connectivity index (χ2v) is 6.78. The monoisotopic (exact) mass is 373 g/mol. The van der Waals surface area contributed by atoms with Crippen LogP contribution in [0.4, 0.5) is 5.69 Å². The van der Waals surface area contributed by atoms with Gasteiger partial charge in [-0.2, -0.15) is 0 Å². The first kappa shape index (κ1) is 21.0. The largest absolute Gasteiger partial charge is 0.508 e. The Morgan fingerprint density at radius 3 is 1.61 bits per heavy atom. The molecule has 144 valence electrons. The molecule has 0 unspecified atom stereocenters. The van der Waals surface area contributed by atoms with Crippen molar-refractivity contribution in [2.24, 2.45) is 4.99 Å². The van der Waals surface area contributed by atoms with Crippen molar-refractivity contribution in [1.82, 2.24) is 0 Å². The van der Waals surface area contributed by atoms with Crippen molar-refractivity contribution >= 4 is 11.6 Å². The average Bonchev–Trinajstić information content (AvgIpc) is 2.67. The molecule has 0 heterocycles. The lowest BCUT2D eigenvalue weighted by Gasteiger charge is -2.09. The van der Waals surface area contributed by atoms with E-state index in [1.54, 1.807) is 12.1 Å². The van der Waals surface area contributed by atoms with E-state index in [2.05, 4.69) is 18.5 Å². The Balaban J connectivity index is 0.000000292. The second kappa shape index (κ2) is 10.1. The number of aryl methyl sites for hydroxylation is 3. The van der Waals surface area contributed by atoms with Gasteiger partial charge in [0.15, 0.2) is 0 Å². The van der Waals surface area contributed by atoms with Crippen molar-refractivity contribution in [2.75, 3.05) is 0 Å². The molecule has 0 bridgehead atoms. The summed E-state index contributed by atoms with van der Waals surface area (Å²) in [5, 5.41) is 8.76. The molecule has 0 aliphatic heterocycles. The van der Waals surface area contributed by atoms with Crippen LogP contribution in [-0.4, -0.2) is 11.0 Å². The van der Waals surface area contributed by atoms with Crippen molar-refractivity contribution in [1.29, 1.82) is 0 Å². The van der Waals surface area contributed by atoms with Crippen LogP contribution in [0, 0.1) is 20.8 Å². The smallest absolute Gasteiger partial charge is 0.222 e. The normalized spacial score (nSPS) is 10.6. The van der Waals surface area contributed by atoms with Crippen molar-refractivity contribution in [3.05, 3.63) is 102 Å². The zero-order valence-electron chi connectivity index (χ0n) is 16.9. The molecule has 3 aromatic rings.